The highest BCUT2D eigenvalue weighted by Gasteiger charge is 2.19. The highest BCUT2D eigenvalue weighted by atomic mass is 127. The number of nitrogens with two attached hydrogens (primary N) is 1. The van der Waals surface area contributed by atoms with E-state index in [1.54, 1.807) is 0 Å². The summed E-state index contributed by atoms with van der Waals surface area (Å²) in [4.78, 5) is 14.0. The van der Waals surface area contributed by atoms with Crippen LogP contribution in [-0.2, 0) is 6.54 Å². The number of aliphatic imine (C=N–C) groups is 1. The van der Waals surface area contributed by atoms with Gasteiger partial charge in [0.15, 0.2) is 5.96 Å². The van der Waals surface area contributed by atoms with E-state index in [1.165, 1.54) is 31.2 Å². The number of likely N-dealkylation sites (tertiary alicyclic amines) is 1. The Morgan fingerprint density at radius 1 is 1.21 bits per heavy atom. The predicted octanol–water partition coefficient (Wildman–Crippen LogP) is 3.15. The minimum Gasteiger partial charge on any atom is -0.370 e. The lowest BCUT2D eigenvalue weighted by Gasteiger charge is -2.31. The van der Waals surface area contributed by atoms with Crippen molar-refractivity contribution in [3.8, 4) is 0 Å². The van der Waals surface area contributed by atoms with Crippen LogP contribution in [0, 0.1) is 12.8 Å². The number of piperidine rings is 1. The van der Waals surface area contributed by atoms with Crippen LogP contribution in [-0.4, -0.2) is 42.0 Å². The van der Waals surface area contributed by atoms with Crippen LogP contribution in [0.25, 0.3) is 0 Å². The molecule has 0 spiro atoms. The molecule has 2 N–H and O–H groups in total. The molecule has 0 saturated carbocycles. The summed E-state index contributed by atoms with van der Waals surface area (Å²) in [5, 5.41) is 0. The molecular weight excluding hydrogens is 413 g/mol. The van der Waals surface area contributed by atoms with Gasteiger partial charge in [-0.1, -0.05) is 13.0 Å². The van der Waals surface area contributed by atoms with E-state index in [2.05, 4.69) is 40.8 Å². The van der Waals surface area contributed by atoms with E-state index in [9.17, 15) is 0 Å². The van der Waals surface area contributed by atoms with Crippen molar-refractivity contribution in [2.75, 3.05) is 31.1 Å². The number of hydrogen-bond acceptors (Lipinski definition) is 3. The lowest BCUT2D eigenvalue weighted by molar-refractivity contribution is 0.277. The van der Waals surface area contributed by atoms with E-state index >= 15 is 0 Å². The van der Waals surface area contributed by atoms with Crippen LogP contribution in [0.1, 0.15) is 43.9 Å². The molecule has 24 heavy (non-hydrogen) atoms. The minimum atomic E-state index is 0. The highest BCUT2D eigenvalue weighted by Crippen LogP contribution is 2.24. The standard InChI is InChI=1S/C18H29N5.HI/c1-14-7-11-23(12-8-14)18(19)20-13-16-6-5-15(2)21-17(16)22-9-3-4-10-22;/h5-6,14H,3-4,7-13H2,1-2H3,(H2,19,20);1H. The lowest BCUT2D eigenvalue weighted by Crippen LogP contribution is -2.42. The molecule has 0 amide bonds. The summed E-state index contributed by atoms with van der Waals surface area (Å²) in [6, 6.07) is 4.23. The summed E-state index contributed by atoms with van der Waals surface area (Å²) >= 11 is 0. The quantitative estimate of drug-likeness (QED) is 0.443. The molecule has 0 radical (unpaired) electrons. The number of pyridine rings is 1. The number of hydrogen-bond donors (Lipinski definition) is 1. The van der Waals surface area contributed by atoms with Gasteiger partial charge in [-0.15, -0.1) is 24.0 Å². The molecule has 1 aromatic rings. The second-order valence-electron chi connectivity index (χ2n) is 6.97. The van der Waals surface area contributed by atoms with Gasteiger partial charge in [-0.2, -0.15) is 0 Å². The third kappa shape index (κ3) is 4.74. The number of halogens is 1. The normalized spacial score (nSPS) is 19.5. The third-order valence-corrected chi connectivity index (χ3v) is 5.02. The molecule has 2 fully saturated rings. The Kier molecular flexibility index (Phi) is 7.13. The van der Waals surface area contributed by atoms with Crippen molar-refractivity contribution in [2.45, 2.75) is 46.1 Å². The van der Waals surface area contributed by atoms with Crippen molar-refractivity contribution >= 4 is 35.8 Å². The zero-order chi connectivity index (χ0) is 16.2. The monoisotopic (exact) mass is 443 g/mol. The molecule has 0 aliphatic carbocycles. The smallest absolute Gasteiger partial charge is 0.191 e. The summed E-state index contributed by atoms with van der Waals surface area (Å²) in [5.74, 6) is 2.60. The molecule has 0 aromatic carbocycles. The lowest BCUT2D eigenvalue weighted by atomic mass is 10.00. The van der Waals surface area contributed by atoms with Crippen LogP contribution in [0.4, 0.5) is 5.82 Å². The van der Waals surface area contributed by atoms with Crippen molar-refractivity contribution < 1.29 is 0 Å². The maximum Gasteiger partial charge on any atom is 0.191 e. The molecule has 2 saturated heterocycles. The Morgan fingerprint density at radius 3 is 2.54 bits per heavy atom. The van der Waals surface area contributed by atoms with Crippen LogP contribution in [0.5, 0.6) is 0 Å². The van der Waals surface area contributed by atoms with Gasteiger partial charge in [0.25, 0.3) is 0 Å². The molecule has 5 nitrogen and oxygen atoms in total. The van der Waals surface area contributed by atoms with Crippen LogP contribution in [0.15, 0.2) is 17.1 Å². The summed E-state index contributed by atoms with van der Waals surface area (Å²) in [6.45, 7) is 9.25. The van der Waals surface area contributed by atoms with Crippen LogP contribution in [0.3, 0.4) is 0 Å². The van der Waals surface area contributed by atoms with E-state index in [1.807, 2.05) is 0 Å². The number of rotatable bonds is 3. The number of anilines is 1. The summed E-state index contributed by atoms with van der Waals surface area (Å²) in [7, 11) is 0. The van der Waals surface area contributed by atoms with Crippen molar-refractivity contribution in [2.24, 2.45) is 16.6 Å². The average molecular weight is 443 g/mol. The first-order valence-electron chi connectivity index (χ1n) is 8.90. The van der Waals surface area contributed by atoms with Crippen molar-refractivity contribution in [3.63, 3.8) is 0 Å². The van der Waals surface area contributed by atoms with Crippen molar-refractivity contribution in [3.05, 3.63) is 23.4 Å². The van der Waals surface area contributed by atoms with Gasteiger partial charge in [0, 0.05) is 37.4 Å². The van der Waals surface area contributed by atoms with Crippen LogP contribution in [0.2, 0.25) is 0 Å². The Balaban J connectivity index is 0.00000208. The van der Waals surface area contributed by atoms with Gasteiger partial charge in [-0.25, -0.2) is 9.98 Å². The number of guanidine groups is 1. The fourth-order valence-corrected chi connectivity index (χ4v) is 3.40. The Labute approximate surface area is 162 Å². The van der Waals surface area contributed by atoms with Gasteiger partial charge in [0.2, 0.25) is 0 Å². The SMILES string of the molecule is Cc1ccc(CN=C(N)N2CCC(C)CC2)c(N2CCCC2)n1.I. The second-order valence-corrected chi connectivity index (χ2v) is 6.97. The first kappa shape index (κ1) is 19.3. The maximum atomic E-state index is 6.22. The minimum absolute atomic E-state index is 0. The van der Waals surface area contributed by atoms with Crippen molar-refractivity contribution in [1.29, 1.82) is 0 Å². The number of aryl methyl sites for hydroxylation is 1. The molecule has 0 atom stereocenters. The summed E-state index contributed by atoms with van der Waals surface area (Å²) in [6.07, 6.45) is 4.93. The fraction of sp³-hybridized carbons (Fsp3) is 0.667. The van der Waals surface area contributed by atoms with E-state index in [0.717, 1.165) is 43.6 Å². The Morgan fingerprint density at radius 2 is 1.88 bits per heavy atom. The maximum absolute atomic E-state index is 6.22. The van der Waals surface area contributed by atoms with E-state index < -0.39 is 0 Å². The van der Waals surface area contributed by atoms with Gasteiger partial charge in [0.1, 0.15) is 5.82 Å². The number of nitrogens with zero attached hydrogens (tertiary/aromatic N) is 4. The van der Waals surface area contributed by atoms with Gasteiger partial charge in [0.05, 0.1) is 6.54 Å². The number of aromatic nitrogens is 1. The average Bonchev–Trinajstić information content (AvgIpc) is 3.08. The highest BCUT2D eigenvalue weighted by molar-refractivity contribution is 14.0. The van der Waals surface area contributed by atoms with Gasteiger partial charge < -0.3 is 15.5 Å². The molecule has 3 rings (SSSR count). The molecule has 2 aliphatic rings. The molecule has 6 heteroatoms. The molecular formula is C18H30IN5. The topological polar surface area (TPSA) is 57.8 Å². The van der Waals surface area contributed by atoms with E-state index in [-0.39, 0.29) is 24.0 Å². The first-order chi connectivity index (χ1) is 11.1. The van der Waals surface area contributed by atoms with Crippen molar-refractivity contribution in [1.82, 2.24) is 9.88 Å². The van der Waals surface area contributed by atoms with Gasteiger partial charge in [-0.05, 0) is 44.6 Å². The van der Waals surface area contributed by atoms with Gasteiger partial charge >= 0.3 is 0 Å². The molecule has 2 aliphatic heterocycles. The van der Waals surface area contributed by atoms with Gasteiger partial charge in [-0.3, -0.25) is 0 Å². The van der Waals surface area contributed by atoms with Crippen LogP contribution < -0.4 is 10.6 Å². The zero-order valence-corrected chi connectivity index (χ0v) is 17.2. The first-order valence-corrected chi connectivity index (χ1v) is 8.90. The van der Waals surface area contributed by atoms with E-state index in [4.69, 9.17) is 10.7 Å². The summed E-state index contributed by atoms with van der Waals surface area (Å²) < 4.78 is 0. The largest absolute Gasteiger partial charge is 0.370 e. The summed E-state index contributed by atoms with van der Waals surface area (Å²) in [5.41, 5.74) is 8.47. The zero-order valence-electron chi connectivity index (χ0n) is 14.9. The second kappa shape index (κ2) is 8.87. The third-order valence-electron chi connectivity index (χ3n) is 5.02. The van der Waals surface area contributed by atoms with Crippen LogP contribution >= 0.6 is 24.0 Å². The molecule has 1 aromatic heterocycles. The van der Waals surface area contributed by atoms with E-state index in [0.29, 0.717) is 12.5 Å². The Hall–Kier alpha value is -1.05. The molecule has 134 valence electrons. The molecule has 3 heterocycles. The Bertz CT molecular complexity index is 561. The predicted molar refractivity (Wildman–Crippen MR) is 111 cm³/mol. The fourth-order valence-electron chi connectivity index (χ4n) is 3.40. The molecule has 0 unspecified atom stereocenters. The molecule has 0 bridgehead atoms.